The Labute approximate surface area is 158 Å². The maximum absolute atomic E-state index is 13.3. The average molecular weight is 352 g/mol. The topological polar surface area (TPSA) is 42.0 Å². The van der Waals surface area contributed by atoms with Gasteiger partial charge in [0.25, 0.3) is 5.91 Å². The third kappa shape index (κ3) is 3.32. The third-order valence-corrected chi connectivity index (χ3v) is 4.67. The van der Waals surface area contributed by atoms with Gasteiger partial charge in [0.15, 0.2) is 0 Å². The second kappa shape index (κ2) is 7.04. The number of benzene rings is 3. The van der Waals surface area contributed by atoms with Gasteiger partial charge in [0.2, 0.25) is 0 Å². The maximum atomic E-state index is 13.3. The fraction of sp³-hybridized carbons (Fsp3) is 0.0833. The van der Waals surface area contributed by atoms with Crippen molar-refractivity contribution in [3.05, 3.63) is 95.7 Å². The van der Waals surface area contributed by atoms with Crippen molar-refractivity contribution in [2.24, 2.45) is 0 Å². The van der Waals surface area contributed by atoms with Crippen LogP contribution in [0.3, 0.4) is 0 Å². The molecule has 4 rings (SSSR count). The molecule has 132 valence electrons. The van der Waals surface area contributed by atoms with Gasteiger partial charge in [-0.3, -0.25) is 9.78 Å². The number of hydrogen-bond acceptors (Lipinski definition) is 2. The van der Waals surface area contributed by atoms with E-state index in [1.54, 1.807) is 0 Å². The molecule has 0 bridgehead atoms. The zero-order chi connectivity index (χ0) is 18.8. The van der Waals surface area contributed by atoms with Gasteiger partial charge in [-0.25, -0.2) is 0 Å². The Hall–Kier alpha value is -3.46. The summed E-state index contributed by atoms with van der Waals surface area (Å²) in [6.07, 6.45) is 0. The molecule has 0 atom stereocenters. The predicted octanol–water partition coefficient (Wildman–Crippen LogP) is 5.77. The highest BCUT2D eigenvalue weighted by Gasteiger charge is 2.20. The van der Waals surface area contributed by atoms with Crippen LogP contribution in [0, 0.1) is 13.8 Å². The van der Waals surface area contributed by atoms with Crippen LogP contribution in [0.15, 0.2) is 78.9 Å². The number of rotatable bonds is 3. The molecule has 0 saturated heterocycles. The summed E-state index contributed by atoms with van der Waals surface area (Å²) in [6.45, 7) is 4.01. The van der Waals surface area contributed by atoms with Crippen molar-refractivity contribution in [3.8, 4) is 11.1 Å². The third-order valence-electron chi connectivity index (χ3n) is 4.67. The minimum atomic E-state index is -0.126. The van der Waals surface area contributed by atoms with Crippen LogP contribution in [0.4, 0.5) is 5.69 Å². The minimum Gasteiger partial charge on any atom is -0.322 e. The van der Waals surface area contributed by atoms with Crippen molar-refractivity contribution < 1.29 is 4.79 Å². The number of nitrogens with zero attached hydrogens (tertiary/aromatic N) is 1. The van der Waals surface area contributed by atoms with Crippen molar-refractivity contribution in [1.82, 2.24) is 4.98 Å². The molecule has 3 nitrogen and oxygen atoms in total. The van der Waals surface area contributed by atoms with Crippen molar-refractivity contribution in [1.29, 1.82) is 0 Å². The standard InChI is InChI=1S/C24H20N2O/c1-16-12-14-18(15-13-16)22-17(2)25-21-11-7-6-10-20(21)23(22)24(27)26-19-8-4-3-5-9-19/h3-15H,1-2H3,(H,26,27). The molecular weight excluding hydrogens is 332 g/mol. The molecular formula is C24H20N2O. The Bertz CT molecular complexity index is 1120. The van der Waals surface area contributed by atoms with Gasteiger partial charge in [0.05, 0.1) is 11.1 Å². The number of amides is 1. The lowest BCUT2D eigenvalue weighted by Crippen LogP contribution is -2.15. The van der Waals surface area contributed by atoms with Crippen LogP contribution < -0.4 is 5.32 Å². The van der Waals surface area contributed by atoms with E-state index in [9.17, 15) is 4.79 Å². The molecule has 3 aromatic carbocycles. The fourth-order valence-electron chi connectivity index (χ4n) is 3.36. The van der Waals surface area contributed by atoms with E-state index < -0.39 is 0 Å². The summed E-state index contributed by atoms with van der Waals surface area (Å²) in [4.78, 5) is 18.0. The van der Waals surface area contributed by atoms with Gasteiger partial charge in [-0.05, 0) is 37.6 Å². The molecule has 1 heterocycles. The molecule has 0 saturated carbocycles. The van der Waals surface area contributed by atoms with E-state index >= 15 is 0 Å². The lowest BCUT2D eigenvalue weighted by atomic mass is 9.93. The van der Waals surface area contributed by atoms with Crippen LogP contribution in [-0.4, -0.2) is 10.9 Å². The van der Waals surface area contributed by atoms with Gasteiger partial charge < -0.3 is 5.32 Å². The van der Waals surface area contributed by atoms with E-state index in [0.717, 1.165) is 33.4 Å². The quantitative estimate of drug-likeness (QED) is 0.508. The van der Waals surface area contributed by atoms with Crippen molar-refractivity contribution in [2.75, 3.05) is 5.32 Å². The summed E-state index contributed by atoms with van der Waals surface area (Å²) >= 11 is 0. The number of nitrogens with one attached hydrogen (secondary N) is 1. The fourth-order valence-corrected chi connectivity index (χ4v) is 3.36. The van der Waals surface area contributed by atoms with Gasteiger partial charge in [-0.15, -0.1) is 0 Å². The molecule has 0 spiro atoms. The minimum absolute atomic E-state index is 0.126. The van der Waals surface area contributed by atoms with E-state index in [2.05, 4.69) is 24.4 Å². The van der Waals surface area contributed by atoms with Crippen LogP contribution in [0.2, 0.25) is 0 Å². The summed E-state index contributed by atoms with van der Waals surface area (Å²) in [5.74, 6) is -0.126. The Morgan fingerprint density at radius 1 is 0.815 bits per heavy atom. The van der Waals surface area contributed by atoms with Crippen LogP contribution in [-0.2, 0) is 0 Å². The zero-order valence-corrected chi connectivity index (χ0v) is 15.4. The monoisotopic (exact) mass is 352 g/mol. The number of carbonyl (C=O) groups is 1. The van der Waals surface area contributed by atoms with Crippen LogP contribution in [0.25, 0.3) is 22.0 Å². The number of carbonyl (C=O) groups excluding carboxylic acids is 1. The van der Waals surface area contributed by atoms with Gasteiger partial charge >= 0.3 is 0 Å². The number of fused-ring (bicyclic) bond motifs is 1. The van der Waals surface area contributed by atoms with Crippen molar-refractivity contribution in [3.63, 3.8) is 0 Å². The molecule has 1 N–H and O–H groups in total. The first-order valence-corrected chi connectivity index (χ1v) is 8.96. The average Bonchev–Trinajstić information content (AvgIpc) is 2.68. The molecule has 0 aliphatic heterocycles. The Balaban J connectivity index is 1.94. The molecule has 0 aliphatic rings. The van der Waals surface area contributed by atoms with E-state index in [0.29, 0.717) is 5.56 Å². The molecule has 4 aromatic rings. The van der Waals surface area contributed by atoms with E-state index in [-0.39, 0.29) is 5.91 Å². The van der Waals surface area contributed by atoms with Crippen LogP contribution in [0.5, 0.6) is 0 Å². The van der Waals surface area contributed by atoms with Crippen LogP contribution in [0.1, 0.15) is 21.6 Å². The van der Waals surface area contributed by atoms with E-state index in [1.165, 1.54) is 5.56 Å². The first-order valence-electron chi connectivity index (χ1n) is 8.96. The highest BCUT2D eigenvalue weighted by molar-refractivity contribution is 6.17. The molecule has 0 unspecified atom stereocenters. The molecule has 3 heteroatoms. The van der Waals surface area contributed by atoms with Gasteiger partial charge in [-0.2, -0.15) is 0 Å². The molecule has 0 radical (unpaired) electrons. The smallest absolute Gasteiger partial charge is 0.257 e. The number of para-hydroxylation sites is 2. The number of pyridine rings is 1. The summed E-state index contributed by atoms with van der Waals surface area (Å²) in [7, 11) is 0. The predicted molar refractivity (Wildman–Crippen MR) is 111 cm³/mol. The Morgan fingerprint density at radius 3 is 2.22 bits per heavy atom. The molecule has 1 amide bonds. The van der Waals surface area contributed by atoms with Gasteiger partial charge in [0, 0.05) is 22.3 Å². The first-order chi connectivity index (χ1) is 13.1. The lowest BCUT2D eigenvalue weighted by Gasteiger charge is -2.16. The molecule has 1 aromatic heterocycles. The summed E-state index contributed by atoms with van der Waals surface area (Å²) in [5.41, 5.74) is 6.15. The molecule has 0 fully saturated rings. The maximum Gasteiger partial charge on any atom is 0.257 e. The Kier molecular flexibility index (Phi) is 4.43. The lowest BCUT2D eigenvalue weighted by molar-refractivity contribution is 0.102. The van der Waals surface area contributed by atoms with Crippen LogP contribution >= 0.6 is 0 Å². The summed E-state index contributed by atoms with van der Waals surface area (Å²) < 4.78 is 0. The Morgan fingerprint density at radius 2 is 1.48 bits per heavy atom. The second-order valence-corrected chi connectivity index (χ2v) is 6.65. The first kappa shape index (κ1) is 17.0. The number of aromatic nitrogens is 1. The van der Waals surface area contributed by atoms with Crippen molar-refractivity contribution >= 4 is 22.5 Å². The SMILES string of the molecule is Cc1ccc(-c2c(C)nc3ccccc3c2C(=O)Nc2ccccc2)cc1. The highest BCUT2D eigenvalue weighted by Crippen LogP contribution is 2.32. The number of hydrogen-bond donors (Lipinski definition) is 1. The largest absolute Gasteiger partial charge is 0.322 e. The van der Waals surface area contributed by atoms with E-state index in [4.69, 9.17) is 4.98 Å². The zero-order valence-electron chi connectivity index (χ0n) is 15.4. The summed E-state index contributed by atoms with van der Waals surface area (Å²) in [6, 6.07) is 25.5. The normalized spacial score (nSPS) is 10.7. The molecule has 27 heavy (non-hydrogen) atoms. The van der Waals surface area contributed by atoms with Crippen molar-refractivity contribution in [2.45, 2.75) is 13.8 Å². The second-order valence-electron chi connectivity index (χ2n) is 6.65. The molecule has 0 aliphatic carbocycles. The number of aryl methyl sites for hydroxylation is 2. The number of anilines is 1. The highest BCUT2D eigenvalue weighted by atomic mass is 16.1. The van der Waals surface area contributed by atoms with E-state index in [1.807, 2.05) is 73.7 Å². The van der Waals surface area contributed by atoms with Gasteiger partial charge in [0.1, 0.15) is 0 Å². The summed E-state index contributed by atoms with van der Waals surface area (Å²) in [5, 5.41) is 3.89. The van der Waals surface area contributed by atoms with Gasteiger partial charge in [-0.1, -0.05) is 66.2 Å².